The lowest BCUT2D eigenvalue weighted by Gasteiger charge is -2.33. The minimum atomic E-state index is -0.146. The Hall–Kier alpha value is -5.02. The summed E-state index contributed by atoms with van der Waals surface area (Å²) in [6, 6.07) is 21.4. The van der Waals surface area contributed by atoms with Gasteiger partial charge >= 0.3 is 0 Å². The largest absolute Gasteiger partial charge is 0.353 e. The van der Waals surface area contributed by atoms with E-state index in [-0.39, 0.29) is 5.91 Å². The van der Waals surface area contributed by atoms with Gasteiger partial charge in [0.25, 0.3) is 5.91 Å². The minimum absolute atomic E-state index is 0.146. The fourth-order valence-electron chi connectivity index (χ4n) is 5.51. The Morgan fingerprint density at radius 1 is 0.902 bits per heavy atom. The average Bonchev–Trinajstić information content (AvgIpc) is 3.61. The van der Waals surface area contributed by atoms with Gasteiger partial charge in [0, 0.05) is 60.0 Å². The second kappa shape index (κ2) is 10.2. The van der Waals surface area contributed by atoms with Crippen LogP contribution in [0.2, 0.25) is 0 Å². The molecule has 0 atom stereocenters. The van der Waals surface area contributed by atoms with E-state index in [1.54, 1.807) is 12.1 Å². The quantitative estimate of drug-likeness (QED) is 0.266. The number of hydrogen-bond acceptors (Lipinski definition) is 6. The van der Waals surface area contributed by atoms with Crippen LogP contribution in [0.4, 0.5) is 11.5 Å². The summed E-state index contributed by atoms with van der Waals surface area (Å²) in [5.74, 6) is 0.858. The van der Waals surface area contributed by atoms with Crippen LogP contribution in [0.5, 0.6) is 0 Å². The number of anilines is 2. The zero-order chi connectivity index (χ0) is 27.9. The predicted octanol–water partition coefficient (Wildman–Crippen LogP) is 5.48. The highest BCUT2D eigenvalue weighted by molar-refractivity contribution is 6.04. The molecular formula is C32H30N8O. The van der Waals surface area contributed by atoms with E-state index < -0.39 is 0 Å². The highest BCUT2D eigenvalue weighted by Gasteiger charge is 2.20. The maximum Gasteiger partial charge on any atom is 0.255 e. The van der Waals surface area contributed by atoms with Crippen LogP contribution in [0, 0.1) is 6.92 Å². The first-order chi connectivity index (χ1) is 20.0. The van der Waals surface area contributed by atoms with Crippen molar-refractivity contribution in [2.45, 2.75) is 6.92 Å². The van der Waals surface area contributed by atoms with Crippen molar-refractivity contribution < 1.29 is 4.79 Å². The van der Waals surface area contributed by atoms with Gasteiger partial charge in [0.1, 0.15) is 11.5 Å². The molecule has 0 radical (unpaired) electrons. The van der Waals surface area contributed by atoms with E-state index in [0.29, 0.717) is 5.56 Å². The van der Waals surface area contributed by atoms with Crippen LogP contribution >= 0.6 is 0 Å². The molecule has 7 rings (SSSR count). The number of fused-ring (bicyclic) bond motifs is 2. The molecular weight excluding hydrogens is 512 g/mol. The molecule has 0 spiro atoms. The highest BCUT2D eigenvalue weighted by Crippen LogP contribution is 2.34. The molecule has 2 aromatic carbocycles. The van der Waals surface area contributed by atoms with E-state index in [1.807, 2.05) is 55.7 Å². The number of H-pyrrole nitrogens is 2. The fourth-order valence-corrected chi connectivity index (χ4v) is 5.51. The van der Waals surface area contributed by atoms with E-state index in [4.69, 9.17) is 9.97 Å². The summed E-state index contributed by atoms with van der Waals surface area (Å²) in [4.78, 5) is 30.5. The third kappa shape index (κ3) is 4.81. The third-order valence-corrected chi connectivity index (χ3v) is 7.70. The number of hydrogen-bond donors (Lipinski definition) is 3. The highest BCUT2D eigenvalue weighted by atomic mass is 16.1. The lowest BCUT2D eigenvalue weighted by atomic mass is 10.0. The number of nitrogens with one attached hydrogen (secondary N) is 3. The first-order valence-corrected chi connectivity index (χ1v) is 13.8. The number of piperazine rings is 1. The fraction of sp³-hybridized carbons (Fsp3) is 0.188. The molecule has 4 aromatic heterocycles. The molecule has 6 aromatic rings. The first-order valence-electron chi connectivity index (χ1n) is 13.8. The molecule has 5 heterocycles. The van der Waals surface area contributed by atoms with E-state index in [1.165, 1.54) is 0 Å². The molecule has 0 unspecified atom stereocenters. The first kappa shape index (κ1) is 25.0. The van der Waals surface area contributed by atoms with Gasteiger partial charge in [-0.15, -0.1) is 0 Å². The molecule has 3 N–H and O–H groups in total. The predicted molar refractivity (Wildman–Crippen MR) is 163 cm³/mol. The van der Waals surface area contributed by atoms with Crippen LogP contribution in [-0.4, -0.2) is 69.2 Å². The molecule has 41 heavy (non-hydrogen) atoms. The Kier molecular flexibility index (Phi) is 6.20. The summed E-state index contributed by atoms with van der Waals surface area (Å²) in [6.07, 6.45) is 3.68. The monoisotopic (exact) mass is 542 g/mol. The van der Waals surface area contributed by atoms with Crippen LogP contribution in [0.15, 0.2) is 79.1 Å². The normalized spacial score (nSPS) is 14.1. The van der Waals surface area contributed by atoms with Crippen molar-refractivity contribution in [3.8, 4) is 22.6 Å². The summed E-state index contributed by atoms with van der Waals surface area (Å²) in [6.45, 7) is 5.96. The summed E-state index contributed by atoms with van der Waals surface area (Å²) in [5, 5.41) is 12.9. The number of likely N-dealkylation sites (N-methyl/N-ethyl adjacent to an activating group) is 1. The number of amides is 1. The molecule has 0 bridgehead atoms. The number of carbonyl (C=O) groups is 1. The standard InChI is InChI=1S/C32H30N8O/c1-20-14-22(16-23(15-20)35-32(41)21-6-4-3-5-7-21)27-17-24-29(19-34-27)37-38-30(24)28-18-25-26(36-28)8-9-33-31(25)40-12-10-39(2)11-13-40/h3-9,14-19,36H,10-13H2,1-2H3,(H,35,41)(H,37,38). The van der Waals surface area contributed by atoms with Gasteiger partial charge in [-0.3, -0.25) is 14.9 Å². The number of aromatic amines is 2. The minimum Gasteiger partial charge on any atom is -0.353 e. The molecule has 0 aliphatic carbocycles. The van der Waals surface area contributed by atoms with Crippen molar-refractivity contribution in [2.75, 3.05) is 43.4 Å². The van der Waals surface area contributed by atoms with Crippen molar-refractivity contribution in [2.24, 2.45) is 0 Å². The Labute approximate surface area is 237 Å². The average molecular weight is 543 g/mol. The van der Waals surface area contributed by atoms with Gasteiger partial charge in [-0.2, -0.15) is 5.10 Å². The number of benzene rings is 2. The molecule has 1 aliphatic heterocycles. The van der Waals surface area contributed by atoms with Crippen LogP contribution < -0.4 is 10.2 Å². The van der Waals surface area contributed by atoms with Gasteiger partial charge in [0.05, 0.1) is 28.6 Å². The Balaban J connectivity index is 1.23. The number of rotatable bonds is 5. The van der Waals surface area contributed by atoms with Gasteiger partial charge in [0.2, 0.25) is 0 Å². The van der Waals surface area contributed by atoms with Gasteiger partial charge in [-0.1, -0.05) is 18.2 Å². The summed E-state index contributed by atoms with van der Waals surface area (Å²) >= 11 is 0. The van der Waals surface area contributed by atoms with Crippen molar-refractivity contribution in [1.82, 2.24) is 30.0 Å². The third-order valence-electron chi connectivity index (χ3n) is 7.70. The second-order valence-electron chi connectivity index (χ2n) is 10.7. The smallest absolute Gasteiger partial charge is 0.255 e. The number of aromatic nitrogens is 5. The Morgan fingerprint density at radius 2 is 1.73 bits per heavy atom. The summed E-state index contributed by atoms with van der Waals surface area (Å²) in [5.41, 5.74) is 7.72. The summed E-state index contributed by atoms with van der Waals surface area (Å²) < 4.78 is 0. The Morgan fingerprint density at radius 3 is 2.56 bits per heavy atom. The van der Waals surface area contributed by atoms with Gasteiger partial charge < -0.3 is 20.1 Å². The van der Waals surface area contributed by atoms with Crippen molar-refractivity contribution in [3.05, 3.63) is 90.3 Å². The molecule has 1 saturated heterocycles. The lowest BCUT2D eigenvalue weighted by Crippen LogP contribution is -2.44. The van der Waals surface area contributed by atoms with Crippen LogP contribution in [0.25, 0.3) is 44.5 Å². The van der Waals surface area contributed by atoms with E-state index in [2.05, 4.69) is 55.5 Å². The zero-order valence-electron chi connectivity index (χ0n) is 23.0. The topological polar surface area (TPSA) is 106 Å². The maximum atomic E-state index is 12.8. The molecule has 9 nitrogen and oxygen atoms in total. The molecule has 1 fully saturated rings. The molecule has 9 heteroatoms. The number of nitrogens with zero attached hydrogens (tertiary/aromatic N) is 5. The maximum absolute atomic E-state index is 12.8. The molecule has 0 saturated carbocycles. The van der Waals surface area contributed by atoms with Crippen molar-refractivity contribution >= 4 is 39.2 Å². The van der Waals surface area contributed by atoms with Crippen molar-refractivity contribution in [1.29, 1.82) is 0 Å². The second-order valence-corrected chi connectivity index (χ2v) is 10.7. The zero-order valence-corrected chi connectivity index (χ0v) is 23.0. The number of pyridine rings is 2. The van der Waals surface area contributed by atoms with Crippen LogP contribution in [-0.2, 0) is 0 Å². The number of aryl methyl sites for hydroxylation is 1. The summed E-state index contributed by atoms with van der Waals surface area (Å²) in [7, 11) is 2.16. The van der Waals surface area contributed by atoms with E-state index in [0.717, 1.165) is 87.7 Å². The van der Waals surface area contributed by atoms with Gasteiger partial charge in [-0.25, -0.2) is 4.98 Å². The van der Waals surface area contributed by atoms with Crippen LogP contribution in [0.1, 0.15) is 15.9 Å². The van der Waals surface area contributed by atoms with Crippen LogP contribution in [0.3, 0.4) is 0 Å². The number of carbonyl (C=O) groups excluding carboxylic acids is 1. The molecule has 204 valence electrons. The lowest BCUT2D eigenvalue weighted by molar-refractivity contribution is 0.102. The van der Waals surface area contributed by atoms with Crippen molar-refractivity contribution in [3.63, 3.8) is 0 Å². The van der Waals surface area contributed by atoms with Gasteiger partial charge in [0.15, 0.2) is 0 Å². The Bertz CT molecular complexity index is 1880. The SMILES string of the molecule is Cc1cc(NC(=O)c2ccccc2)cc(-c2cc3c(-c4cc5c(N6CCN(C)CC6)nccc5[nH]4)n[nH]c3cn2)c1. The van der Waals surface area contributed by atoms with Gasteiger partial charge in [-0.05, 0) is 68.1 Å². The molecule has 1 amide bonds. The van der Waals surface area contributed by atoms with E-state index in [9.17, 15) is 4.79 Å². The molecule has 1 aliphatic rings. The van der Waals surface area contributed by atoms with E-state index >= 15 is 0 Å².